The van der Waals surface area contributed by atoms with E-state index in [9.17, 15) is 5.26 Å². The molecule has 1 aromatic heterocycles. The van der Waals surface area contributed by atoms with Crippen molar-refractivity contribution in [3.8, 4) is 6.07 Å². The Morgan fingerprint density at radius 3 is 2.71 bits per heavy atom. The van der Waals surface area contributed by atoms with Gasteiger partial charge in [0.1, 0.15) is 17.4 Å². The third-order valence-corrected chi connectivity index (χ3v) is 4.43. The van der Waals surface area contributed by atoms with Crippen LogP contribution in [0.5, 0.6) is 0 Å². The predicted molar refractivity (Wildman–Crippen MR) is 84.3 cm³/mol. The summed E-state index contributed by atoms with van der Waals surface area (Å²) in [5.74, 6) is 1.23. The van der Waals surface area contributed by atoms with Crippen LogP contribution in [0.25, 0.3) is 11.0 Å². The predicted octanol–water partition coefficient (Wildman–Crippen LogP) is 3.13. The van der Waals surface area contributed by atoms with E-state index in [1.165, 1.54) is 32.4 Å². The van der Waals surface area contributed by atoms with Gasteiger partial charge in [0, 0.05) is 13.1 Å². The molecule has 1 saturated heterocycles. The van der Waals surface area contributed by atoms with Crippen LogP contribution >= 0.6 is 11.6 Å². The van der Waals surface area contributed by atoms with Crippen LogP contribution in [0.4, 0.5) is 0 Å². The van der Waals surface area contributed by atoms with Crippen molar-refractivity contribution >= 4 is 22.6 Å². The summed E-state index contributed by atoms with van der Waals surface area (Å²) < 4.78 is 2.16. The van der Waals surface area contributed by atoms with Crippen molar-refractivity contribution in [2.45, 2.75) is 31.7 Å². The highest BCUT2D eigenvalue weighted by atomic mass is 35.5. The molecule has 0 N–H and O–H groups in total. The number of rotatable bonds is 4. The maximum atomic E-state index is 9.20. The van der Waals surface area contributed by atoms with Crippen LogP contribution in [-0.2, 0) is 12.4 Å². The van der Waals surface area contributed by atoms with Crippen LogP contribution in [0.3, 0.4) is 0 Å². The highest BCUT2D eigenvalue weighted by Crippen LogP contribution is 2.21. The van der Waals surface area contributed by atoms with Crippen LogP contribution in [0.15, 0.2) is 18.2 Å². The average molecular weight is 303 g/mol. The van der Waals surface area contributed by atoms with E-state index in [0.717, 1.165) is 29.9 Å². The van der Waals surface area contributed by atoms with E-state index in [1.54, 1.807) is 0 Å². The third kappa shape index (κ3) is 2.90. The largest absolute Gasteiger partial charge is 0.326 e. The second-order valence-corrected chi connectivity index (χ2v) is 5.77. The Bertz CT molecular complexity index is 665. The van der Waals surface area contributed by atoms with Gasteiger partial charge in [-0.1, -0.05) is 12.5 Å². The molecule has 1 fully saturated rings. The van der Waals surface area contributed by atoms with Crippen LogP contribution in [0.2, 0.25) is 0 Å². The first kappa shape index (κ1) is 14.4. The van der Waals surface area contributed by atoms with E-state index in [4.69, 9.17) is 11.6 Å². The van der Waals surface area contributed by atoms with Gasteiger partial charge in [-0.05, 0) is 38.1 Å². The number of piperidine rings is 1. The van der Waals surface area contributed by atoms with Crippen molar-refractivity contribution in [1.82, 2.24) is 14.5 Å². The number of likely N-dealkylation sites (tertiary alicyclic amines) is 1. The first-order valence-corrected chi connectivity index (χ1v) is 8.03. The molecule has 0 saturated carbocycles. The molecular weight excluding hydrogens is 284 g/mol. The molecule has 0 radical (unpaired) electrons. The average Bonchev–Trinajstić information content (AvgIpc) is 2.91. The van der Waals surface area contributed by atoms with Gasteiger partial charge in [-0.15, -0.1) is 11.6 Å². The summed E-state index contributed by atoms with van der Waals surface area (Å²) in [4.78, 5) is 7.06. The maximum absolute atomic E-state index is 9.20. The van der Waals surface area contributed by atoms with Crippen LogP contribution in [0, 0.1) is 11.3 Å². The van der Waals surface area contributed by atoms with Crippen LogP contribution in [-0.4, -0.2) is 34.1 Å². The van der Waals surface area contributed by atoms with Gasteiger partial charge in [0.25, 0.3) is 0 Å². The number of hydrogen-bond acceptors (Lipinski definition) is 3. The number of fused-ring (bicyclic) bond motifs is 1. The molecule has 1 aromatic carbocycles. The van der Waals surface area contributed by atoms with E-state index in [-0.39, 0.29) is 0 Å². The van der Waals surface area contributed by atoms with Gasteiger partial charge in [-0.3, -0.25) is 0 Å². The fraction of sp³-hybridized carbons (Fsp3) is 0.500. The molecule has 2 heterocycles. The number of aromatic nitrogens is 2. The summed E-state index contributed by atoms with van der Waals surface area (Å²) >= 11 is 6.04. The first-order valence-electron chi connectivity index (χ1n) is 7.50. The zero-order valence-corrected chi connectivity index (χ0v) is 12.8. The fourth-order valence-corrected chi connectivity index (χ4v) is 3.27. The normalized spacial score (nSPS) is 16.2. The van der Waals surface area contributed by atoms with Gasteiger partial charge >= 0.3 is 0 Å². The molecule has 110 valence electrons. The number of alkyl halides is 1. The van der Waals surface area contributed by atoms with Crippen molar-refractivity contribution in [2.75, 3.05) is 19.6 Å². The Balaban J connectivity index is 1.88. The molecule has 21 heavy (non-hydrogen) atoms. The molecule has 1 aliphatic rings. The van der Waals surface area contributed by atoms with Gasteiger partial charge in [-0.25, -0.2) is 4.98 Å². The minimum atomic E-state index is 0.375. The van der Waals surface area contributed by atoms with E-state index < -0.39 is 0 Å². The van der Waals surface area contributed by atoms with Crippen molar-refractivity contribution in [3.05, 3.63) is 29.6 Å². The molecule has 0 spiro atoms. The lowest BCUT2D eigenvalue weighted by atomic mass is 10.1. The van der Waals surface area contributed by atoms with Gasteiger partial charge < -0.3 is 9.47 Å². The summed E-state index contributed by atoms with van der Waals surface area (Å²) in [5, 5.41) is 9.20. The number of imidazole rings is 1. The number of nitriles is 1. The highest BCUT2D eigenvalue weighted by Gasteiger charge is 2.15. The second-order valence-electron chi connectivity index (χ2n) is 5.50. The zero-order chi connectivity index (χ0) is 14.7. The lowest BCUT2D eigenvalue weighted by Gasteiger charge is -2.26. The topological polar surface area (TPSA) is 44.9 Å². The molecule has 5 heteroatoms. The molecule has 0 amide bonds. The number of halogens is 1. The van der Waals surface area contributed by atoms with E-state index in [1.807, 2.05) is 18.2 Å². The molecule has 0 unspecified atom stereocenters. The van der Waals surface area contributed by atoms with Gasteiger partial charge in [0.15, 0.2) is 0 Å². The number of para-hydroxylation sites is 1. The van der Waals surface area contributed by atoms with Crippen molar-refractivity contribution < 1.29 is 0 Å². The number of nitrogens with zero attached hydrogens (tertiary/aromatic N) is 4. The molecule has 1 aliphatic heterocycles. The molecule has 3 rings (SSSR count). The van der Waals surface area contributed by atoms with E-state index >= 15 is 0 Å². The lowest BCUT2D eigenvalue weighted by molar-refractivity contribution is 0.221. The quantitative estimate of drug-likeness (QED) is 0.815. The first-order chi connectivity index (χ1) is 10.3. The lowest BCUT2D eigenvalue weighted by Crippen LogP contribution is -2.32. The summed E-state index contributed by atoms with van der Waals surface area (Å²) in [6, 6.07) is 7.96. The third-order valence-electron chi connectivity index (χ3n) is 4.19. The Morgan fingerprint density at radius 1 is 1.19 bits per heavy atom. The number of benzene rings is 1. The Kier molecular flexibility index (Phi) is 4.42. The molecule has 0 bridgehead atoms. The van der Waals surface area contributed by atoms with Crippen LogP contribution < -0.4 is 0 Å². The highest BCUT2D eigenvalue weighted by molar-refractivity contribution is 6.16. The molecule has 0 aliphatic carbocycles. The van der Waals surface area contributed by atoms with Crippen molar-refractivity contribution in [2.24, 2.45) is 0 Å². The summed E-state index contributed by atoms with van der Waals surface area (Å²) in [6.07, 6.45) is 3.94. The standard InChI is InChI=1S/C16H19ClN4/c17-11-15-19-16-13(12-18)5-4-6-14(16)21(15)10-9-20-7-2-1-3-8-20/h4-6H,1-3,7-11H2. The van der Waals surface area contributed by atoms with Gasteiger partial charge in [-0.2, -0.15) is 5.26 Å². The maximum Gasteiger partial charge on any atom is 0.124 e. The number of hydrogen-bond donors (Lipinski definition) is 0. The van der Waals surface area contributed by atoms with Crippen molar-refractivity contribution in [3.63, 3.8) is 0 Å². The van der Waals surface area contributed by atoms with Crippen LogP contribution in [0.1, 0.15) is 30.7 Å². The molecule has 0 atom stereocenters. The molecule has 4 nitrogen and oxygen atoms in total. The SMILES string of the molecule is N#Cc1cccc2c1nc(CCl)n2CCN1CCCCC1. The van der Waals surface area contributed by atoms with Gasteiger partial charge in [0.2, 0.25) is 0 Å². The minimum Gasteiger partial charge on any atom is -0.326 e. The molecular formula is C16H19ClN4. The summed E-state index contributed by atoms with van der Waals surface area (Å²) in [7, 11) is 0. The van der Waals surface area contributed by atoms with E-state index in [0.29, 0.717) is 11.4 Å². The fourth-order valence-electron chi connectivity index (χ4n) is 3.06. The Morgan fingerprint density at radius 2 is 2.00 bits per heavy atom. The summed E-state index contributed by atoms with van der Waals surface area (Å²) in [5.41, 5.74) is 2.41. The monoisotopic (exact) mass is 302 g/mol. The Hall–Kier alpha value is -1.57. The minimum absolute atomic E-state index is 0.375. The van der Waals surface area contributed by atoms with E-state index in [2.05, 4.69) is 20.5 Å². The summed E-state index contributed by atoms with van der Waals surface area (Å²) in [6.45, 7) is 4.28. The van der Waals surface area contributed by atoms with Crippen molar-refractivity contribution in [1.29, 1.82) is 5.26 Å². The molecule has 2 aromatic rings. The van der Waals surface area contributed by atoms with Gasteiger partial charge in [0.05, 0.1) is 17.0 Å². The second kappa shape index (κ2) is 6.46. The smallest absolute Gasteiger partial charge is 0.124 e. The Labute approximate surface area is 129 Å². The zero-order valence-electron chi connectivity index (χ0n) is 12.1.